The summed E-state index contributed by atoms with van der Waals surface area (Å²) in [7, 11) is 0. The van der Waals surface area contributed by atoms with Crippen molar-refractivity contribution in [2.75, 3.05) is 0 Å². The van der Waals surface area contributed by atoms with Gasteiger partial charge in [0.15, 0.2) is 0 Å². The lowest BCUT2D eigenvalue weighted by Crippen LogP contribution is -2.09. The average Bonchev–Trinajstić information content (AvgIpc) is 2.39. The van der Waals surface area contributed by atoms with Crippen LogP contribution < -0.4 is 5.56 Å². The van der Waals surface area contributed by atoms with Crippen molar-refractivity contribution in [3.05, 3.63) is 57.6 Å². The molecule has 0 aliphatic rings. The molecule has 18 heavy (non-hydrogen) atoms. The summed E-state index contributed by atoms with van der Waals surface area (Å²) in [5.74, 6) is 0.527. The molecule has 1 N–H and O–H groups in total. The zero-order valence-corrected chi connectivity index (χ0v) is 10.8. The molecular weight excluding hydrogens is 294 g/mol. The predicted molar refractivity (Wildman–Crippen MR) is 73.3 cm³/mol. The number of aromatic amines is 1. The molecule has 0 fully saturated rings. The van der Waals surface area contributed by atoms with Crippen molar-refractivity contribution in [3.8, 4) is 11.4 Å². The minimum absolute atomic E-state index is 0.147. The topological polar surface area (TPSA) is 58.6 Å². The van der Waals surface area contributed by atoms with Crippen LogP contribution in [0, 0.1) is 0 Å². The van der Waals surface area contributed by atoms with Crippen LogP contribution in [0.2, 0.25) is 0 Å². The molecule has 0 radical (unpaired) electrons. The Kier molecular flexibility index (Phi) is 2.68. The summed E-state index contributed by atoms with van der Waals surface area (Å²) < 4.78 is 0.894. The van der Waals surface area contributed by atoms with Gasteiger partial charge in [-0.2, -0.15) is 0 Å². The maximum absolute atomic E-state index is 12.0. The Bertz CT molecular complexity index is 768. The van der Waals surface area contributed by atoms with Gasteiger partial charge in [0.05, 0.1) is 10.9 Å². The van der Waals surface area contributed by atoms with Gasteiger partial charge in [0.25, 0.3) is 5.56 Å². The lowest BCUT2D eigenvalue weighted by atomic mass is 10.2. The molecule has 0 aliphatic carbocycles. The highest BCUT2D eigenvalue weighted by Gasteiger charge is 2.06. The molecule has 4 nitrogen and oxygen atoms in total. The molecule has 0 saturated carbocycles. The smallest absolute Gasteiger partial charge is 0.259 e. The third-order valence-corrected chi connectivity index (χ3v) is 3.10. The number of H-pyrrole nitrogens is 1. The van der Waals surface area contributed by atoms with Crippen molar-refractivity contribution in [1.29, 1.82) is 0 Å². The standard InChI is InChI=1S/C13H8BrN3O/c14-9-3-4-10-11(6-9)16-12(17-13(10)18)8-2-1-5-15-7-8/h1-7H,(H,16,17,18). The van der Waals surface area contributed by atoms with Crippen molar-refractivity contribution in [1.82, 2.24) is 15.0 Å². The highest BCUT2D eigenvalue weighted by molar-refractivity contribution is 9.10. The molecule has 88 valence electrons. The van der Waals surface area contributed by atoms with E-state index in [9.17, 15) is 4.79 Å². The number of hydrogen-bond donors (Lipinski definition) is 1. The second kappa shape index (κ2) is 4.34. The molecule has 0 atom stereocenters. The summed E-state index contributed by atoms with van der Waals surface area (Å²) in [6, 6.07) is 9.06. The molecule has 0 saturated heterocycles. The van der Waals surface area contributed by atoms with Crippen LogP contribution in [0.15, 0.2) is 52.0 Å². The van der Waals surface area contributed by atoms with E-state index in [2.05, 4.69) is 30.9 Å². The molecule has 3 aromatic rings. The van der Waals surface area contributed by atoms with Gasteiger partial charge in [-0.15, -0.1) is 0 Å². The van der Waals surface area contributed by atoms with E-state index in [0.717, 1.165) is 10.0 Å². The van der Waals surface area contributed by atoms with E-state index in [1.165, 1.54) is 0 Å². The van der Waals surface area contributed by atoms with Gasteiger partial charge in [0, 0.05) is 22.4 Å². The third-order valence-electron chi connectivity index (χ3n) is 2.60. The van der Waals surface area contributed by atoms with E-state index in [-0.39, 0.29) is 5.56 Å². The lowest BCUT2D eigenvalue weighted by Gasteiger charge is -2.02. The second-order valence-electron chi connectivity index (χ2n) is 3.82. The average molecular weight is 302 g/mol. The predicted octanol–water partition coefficient (Wildman–Crippen LogP) is 2.75. The molecule has 3 rings (SSSR count). The maximum atomic E-state index is 12.0. The van der Waals surface area contributed by atoms with Gasteiger partial charge in [-0.3, -0.25) is 9.78 Å². The minimum atomic E-state index is -0.147. The van der Waals surface area contributed by atoms with Gasteiger partial charge in [-0.05, 0) is 30.3 Å². The monoisotopic (exact) mass is 301 g/mol. The van der Waals surface area contributed by atoms with E-state index in [4.69, 9.17) is 0 Å². The van der Waals surface area contributed by atoms with E-state index in [1.807, 2.05) is 18.2 Å². The first-order chi connectivity index (χ1) is 8.74. The Morgan fingerprint density at radius 3 is 2.89 bits per heavy atom. The van der Waals surface area contributed by atoms with Crippen LogP contribution in [0.3, 0.4) is 0 Å². The summed E-state index contributed by atoms with van der Waals surface area (Å²) in [6.45, 7) is 0. The van der Waals surface area contributed by atoms with Gasteiger partial charge < -0.3 is 4.98 Å². The molecule has 0 bridgehead atoms. The van der Waals surface area contributed by atoms with Crippen molar-refractivity contribution in [3.63, 3.8) is 0 Å². The lowest BCUT2D eigenvalue weighted by molar-refractivity contribution is 1.17. The zero-order valence-electron chi connectivity index (χ0n) is 9.22. The van der Waals surface area contributed by atoms with Crippen molar-refractivity contribution >= 4 is 26.8 Å². The summed E-state index contributed by atoms with van der Waals surface area (Å²) in [4.78, 5) is 23.2. The molecule has 2 aromatic heterocycles. The number of pyridine rings is 1. The molecule has 2 heterocycles. The minimum Gasteiger partial charge on any atom is -0.306 e. The van der Waals surface area contributed by atoms with Crippen LogP contribution in [-0.2, 0) is 0 Å². The first kappa shape index (κ1) is 11.1. The molecule has 0 amide bonds. The number of halogens is 1. The van der Waals surface area contributed by atoms with Gasteiger partial charge in [-0.25, -0.2) is 4.98 Å². The number of aromatic nitrogens is 3. The van der Waals surface area contributed by atoms with Crippen molar-refractivity contribution in [2.24, 2.45) is 0 Å². The maximum Gasteiger partial charge on any atom is 0.259 e. The van der Waals surface area contributed by atoms with Crippen LogP contribution >= 0.6 is 15.9 Å². The van der Waals surface area contributed by atoms with Crippen LogP contribution in [0.1, 0.15) is 0 Å². The summed E-state index contributed by atoms with van der Waals surface area (Å²) in [6.07, 6.45) is 3.35. The highest BCUT2D eigenvalue weighted by Crippen LogP contribution is 2.18. The molecule has 5 heteroatoms. The van der Waals surface area contributed by atoms with E-state index >= 15 is 0 Å². The van der Waals surface area contributed by atoms with Crippen LogP contribution in [0.25, 0.3) is 22.3 Å². The largest absolute Gasteiger partial charge is 0.306 e. The van der Waals surface area contributed by atoms with Crippen LogP contribution in [0.5, 0.6) is 0 Å². The summed E-state index contributed by atoms with van der Waals surface area (Å²) in [5, 5.41) is 0.575. The van der Waals surface area contributed by atoms with Gasteiger partial charge in [-0.1, -0.05) is 15.9 Å². The number of fused-ring (bicyclic) bond motifs is 1. The van der Waals surface area contributed by atoms with E-state index in [0.29, 0.717) is 16.7 Å². The fourth-order valence-corrected chi connectivity index (χ4v) is 2.10. The third kappa shape index (κ3) is 1.93. The van der Waals surface area contributed by atoms with Crippen molar-refractivity contribution in [2.45, 2.75) is 0 Å². The Balaban J connectivity index is 2.30. The molecule has 1 aromatic carbocycles. The van der Waals surface area contributed by atoms with Gasteiger partial charge in [0.1, 0.15) is 5.82 Å². The first-order valence-electron chi connectivity index (χ1n) is 5.34. The first-order valence-corrected chi connectivity index (χ1v) is 6.13. The second-order valence-corrected chi connectivity index (χ2v) is 4.73. The summed E-state index contributed by atoms with van der Waals surface area (Å²) >= 11 is 3.37. The fraction of sp³-hybridized carbons (Fsp3) is 0. The number of benzene rings is 1. The van der Waals surface area contributed by atoms with E-state index in [1.54, 1.807) is 24.5 Å². The molecule has 0 unspecified atom stereocenters. The fourth-order valence-electron chi connectivity index (χ4n) is 1.75. The number of nitrogens with one attached hydrogen (secondary N) is 1. The molecular formula is C13H8BrN3O. The number of hydrogen-bond acceptors (Lipinski definition) is 3. The van der Waals surface area contributed by atoms with Crippen LogP contribution in [-0.4, -0.2) is 15.0 Å². The number of nitrogens with zero attached hydrogens (tertiary/aromatic N) is 2. The Hall–Kier alpha value is -2.01. The molecule has 0 spiro atoms. The Morgan fingerprint density at radius 2 is 2.11 bits per heavy atom. The quantitative estimate of drug-likeness (QED) is 0.752. The Morgan fingerprint density at radius 1 is 1.22 bits per heavy atom. The zero-order chi connectivity index (χ0) is 12.5. The highest BCUT2D eigenvalue weighted by atomic mass is 79.9. The molecule has 0 aliphatic heterocycles. The van der Waals surface area contributed by atoms with E-state index < -0.39 is 0 Å². The van der Waals surface area contributed by atoms with Crippen molar-refractivity contribution < 1.29 is 0 Å². The van der Waals surface area contributed by atoms with Crippen LogP contribution in [0.4, 0.5) is 0 Å². The SMILES string of the molecule is O=c1[nH]c(-c2cccnc2)nc2cc(Br)ccc12. The normalized spacial score (nSPS) is 10.7. The van der Waals surface area contributed by atoms with Gasteiger partial charge in [0.2, 0.25) is 0 Å². The number of rotatable bonds is 1. The summed E-state index contributed by atoms with van der Waals surface area (Å²) in [5.41, 5.74) is 1.30. The van der Waals surface area contributed by atoms with Gasteiger partial charge >= 0.3 is 0 Å². The Labute approximate surface area is 111 Å².